The Morgan fingerprint density at radius 3 is 2.37 bits per heavy atom. The summed E-state index contributed by atoms with van der Waals surface area (Å²) < 4.78 is 0. The van der Waals surface area contributed by atoms with Crippen LogP contribution in [-0.2, 0) is 24.0 Å². The molecule has 30 heavy (non-hydrogen) atoms. The average molecular weight is 444 g/mol. The lowest BCUT2D eigenvalue weighted by Crippen LogP contribution is -2.46. The topological polar surface area (TPSA) is 185 Å². The van der Waals surface area contributed by atoms with Crippen LogP contribution in [0.25, 0.3) is 0 Å². The van der Waals surface area contributed by atoms with Gasteiger partial charge in [0.25, 0.3) is 0 Å². The van der Waals surface area contributed by atoms with Crippen LogP contribution >= 0.6 is 11.8 Å². The van der Waals surface area contributed by atoms with Crippen LogP contribution in [-0.4, -0.2) is 69.5 Å². The third-order valence-electron chi connectivity index (χ3n) is 5.42. The maximum atomic E-state index is 12.6. The summed E-state index contributed by atoms with van der Waals surface area (Å²) in [5.41, 5.74) is 11.2. The molecule has 0 radical (unpaired) electrons. The van der Waals surface area contributed by atoms with Crippen molar-refractivity contribution in [3.63, 3.8) is 0 Å². The number of nitrogens with one attached hydrogen (secondary N) is 2. The van der Waals surface area contributed by atoms with Gasteiger partial charge in [0.1, 0.15) is 6.04 Å². The number of likely N-dealkylation sites (tertiary alicyclic amines) is 1. The predicted octanol–water partition coefficient (Wildman–Crippen LogP) is -1.44. The second kappa shape index (κ2) is 10.7. The van der Waals surface area contributed by atoms with E-state index in [1.807, 2.05) is 0 Å². The summed E-state index contributed by atoms with van der Waals surface area (Å²) in [6.07, 6.45) is 2.67. The summed E-state index contributed by atoms with van der Waals surface area (Å²) >= 11 is 0.912. The van der Waals surface area contributed by atoms with Gasteiger partial charge in [-0.15, -0.1) is 11.8 Å². The van der Waals surface area contributed by atoms with Crippen molar-refractivity contribution in [1.82, 2.24) is 15.5 Å². The van der Waals surface area contributed by atoms with Crippen LogP contribution in [0.5, 0.6) is 0 Å². The quantitative estimate of drug-likeness (QED) is 0.210. The van der Waals surface area contributed by atoms with E-state index in [0.29, 0.717) is 25.7 Å². The summed E-state index contributed by atoms with van der Waals surface area (Å²) in [4.78, 5) is 60.0. The second-order valence-electron chi connectivity index (χ2n) is 7.67. The highest BCUT2D eigenvalue weighted by molar-refractivity contribution is 8.01. The Labute approximate surface area is 178 Å². The molecule has 11 nitrogen and oxygen atoms in total. The molecule has 168 valence electrons. The van der Waals surface area contributed by atoms with Crippen molar-refractivity contribution >= 4 is 41.4 Å². The van der Waals surface area contributed by atoms with Crippen LogP contribution in [0.1, 0.15) is 39.0 Å². The number of rotatable bonds is 9. The number of hydrogen-bond acceptors (Lipinski definition) is 8. The molecule has 12 heteroatoms. The largest absolute Gasteiger partial charge is 0.480 e. The molecule has 3 atom stereocenters. The lowest BCUT2D eigenvalue weighted by molar-refractivity contribution is -0.140. The minimum Gasteiger partial charge on any atom is -0.480 e. The van der Waals surface area contributed by atoms with Gasteiger partial charge < -0.3 is 27.2 Å². The fourth-order valence-corrected chi connectivity index (χ4v) is 4.78. The Kier molecular flexibility index (Phi) is 8.62. The van der Waals surface area contributed by atoms with E-state index in [-0.39, 0.29) is 55.1 Å². The van der Waals surface area contributed by atoms with Crippen molar-refractivity contribution < 1.29 is 29.1 Å². The van der Waals surface area contributed by atoms with Gasteiger partial charge in [0.05, 0.1) is 17.3 Å². The third-order valence-corrected chi connectivity index (χ3v) is 6.73. The Balaban J connectivity index is 1.80. The second-order valence-corrected chi connectivity index (χ2v) is 9.05. The zero-order valence-corrected chi connectivity index (χ0v) is 17.7. The minimum absolute atomic E-state index is 0.0234. The summed E-state index contributed by atoms with van der Waals surface area (Å²) in [5, 5.41) is 12.4. The molecule has 0 bridgehead atoms. The van der Waals surface area contributed by atoms with Crippen LogP contribution in [0, 0.1) is 11.8 Å². The van der Waals surface area contributed by atoms with Gasteiger partial charge in [0, 0.05) is 25.8 Å². The highest BCUT2D eigenvalue weighted by Gasteiger charge is 2.42. The van der Waals surface area contributed by atoms with E-state index in [4.69, 9.17) is 16.6 Å². The first-order chi connectivity index (χ1) is 14.1. The Bertz CT molecular complexity index is 697. The number of amides is 4. The Morgan fingerprint density at radius 1 is 1.17 bits per heavy atom. The molecule has 2 fully saturated rings. The SMILES string of the molecule is CC(=O)NCNC(=O)C1CCC(CN2C(=O)CC(SC(N)C(N)C(=O)O)C2=O)CC1. The van der Waals surface area contributed by atoms with Crippen LogP contribution in [0.4, 0.5) is 0 Å². The molecule has 1 aliphatic carbocycles. The first-order valence-corrected chi connectivity index (χ1v) is 10.8. The standard InChI is InChI=1S/C18H29N5O6S/c1-9(24)21-8-22-16(26)11-4-2-10(3-5-11)7-23-13(25)6-12(17(23)27)30-15(20)14(19)18(28)29/h10-12,14-15H,2-8,19-20H2,1H3,(H,21,24)(H,22,26)(H,28,29). The van der Waals surface area contributed by atoms with Gasteiger partial charge in [0.2, 0.25) is 23.6 Å². The number of nitrogens with zero attached hydrogens (tertiary/aromatic N) is 1. The molecule has 1 saturated heterocycles. The van der Waals surface area contributed by atoms with Crippen LogP contribution in [0.3, 0.4) is 0 Å². The fourth-order valence-electron chi connectivity index (χ4n) is 3.63. The number of hydrogen-bond donors (Lipinski definition) is 5. The first kappa shape index (κ1) is 24.1. The Hall–Kier alpha value is -2.18. The molecule has 2 rings (SSSR count). The van der Waals surface area contributed by atoms with Gasteiger partial charge >= 0.3 is 5.97 Å². The number of carbonyl (C=O) groups is 5. The van der Waals surface area contributed by atoms with E-state index in [9.17, 15) is 24.0 Å². The molecule has 0 aromatic heterocycles. The summed E-state index contributed by atoms with van der Waals surface area (Å²) in [5.74, 6) is -2.31. The maximum Gasteiger partial charge on any atom is 0.322 e. The van der Waals surface area contributed by atoms with E-state index in [2.05, 4.69) is 10.6 Å². The molecule has 0 aromatic carbocycles. The minimum atomic E-state index is -1.32. The molecule has 1 heterocycles. The normalized spacial score (nSPS) is 26.2. The molecule has 1 aliphatic heterocycles. The molecule has 2 aliphatic rings. The number of carbonyl (C=O) groups excluding carboxylic acids is 4. The van der Waals surface area contributed by atoms with E-state index in [1.54, 1.807) is 0 Å². The van der Waals surface area contributed by atoms with Gasteiger partial charge in [-0.1, -0.05) is 0 Å². The number of carboxylic acid groups (broad SMARTS) is 1. The number of thioether (sulfide) groups is 1. The smallest absolute Gasteiger partial charge is 0.322 e. The van der Waals surface area contributed by atoms with Crippen molar-refractivity contribution in [3.8, 4) is 0 Å². The molecule has 4 amide bonds. The summed E-state index contributed by atoms with van der Waals surface area (Å²) in [6, 6.07) is -1.32. The molecule has 0 spiro atoms. The van der Waals surface area contributed by atoms with Crippen LogP contribution in [0.15, 0.2) is 0 Å². The summed E-state index contributed by atoms with van der Waals surface area (Å²) in [6.45, 7) is 1.75. The van der Waals surface area contributed by atoms with Gasteiger partial charge in [-0.25, -0.2) is 0 Å². The lowest BCUT2D eigenvalue weighted by Gasteiger charge is -2.30. The van der Waals surface area contributed by atoms with Gasteiger partial charge in [-0.05, 0) is 31.6 Å². The van der Waals surface area contributed by atoms with Crippen molar-refractivity contribution in [3.05, 3.63) is 0 Å². The average Bonchev–Trinajstić information content (AvgIpc) is 2.94. The number of carboxylic acids is 1. The van der Waals surface area contributed by atoms with Crippen LogP contribution in [0.2, 0.25) is 0 Å². The van der Waals surface area contributed by atoms with E-state index in [0.717, 1.165) is 11.8 Å². The molecule has 1 saturated carbocycles. The Morgan fingerprint density at radius 2 is 1.80 bits per heavy atom. The molecule has 0 aromatic rings. The van der Waals surface area contributed by atoms with Crippen molar-refractivity contribution in [2.45, 2.75) is 55.7 Å². The zero-order chi connectivity index (χ0) is 22.4. The highest BCUT2D eigenvalue weighted by Crippen LogP contribution is 2.33. The predicted molar refractivity (Wildman–Crippen MR) is 109 cm³/mol. The van der Waals surface area contributed by atoms with Gasteiger partial charge in [-0.2, -0.15) is 0 Å². The van der Waals surface area contributed by atoms with Crippen molar-refractivity contribution in [2.24, 2.45) is 23.3 Å². The van der Waals surface area contributed by atoms with Crippen molar-refractivity contribution in [2.75, 3.05) is 13.2 Å². The van der Waals surface area contributed by atoms with Crippen LogP contribution < -0.4 is 22.1 Å². The third kappa shape index (κ3) is 6.41. The summed E-state index contributed by atoms with van der Waals surface area (Å²) in [7, 11) is 0. The zero-order valence-electron chi connectivity index (χ0n) is 16.8. The molecule has 3 unspecified atom stereocenters. The number of aliphatic carboxylic acids is 1. The number of imide groups is 1. The highest BCUT2D eigenvalue weighted by atomic mass is 32.2. The molecular formula is C18H29N5O6S. The van der Waals surface area contributed by atoms with Crippen molar-refractivity contribution in [1.29, 1.82) is 0 Å². The lowest BCUT2D eigenvalue weighted by atomic mass is 9.81. The van der Waals surface area contributed by atoms with Gasteiger partial charge in [0.15, 0.2) is 0 Å². The molecule has 7 N–H and O–H groups in total. The maximum absolute atomic E-state index is 12.6. The fraction of sp³-hybridized carbons (Fsp3) is 0.722. The van der Waals surface area contributed by atoms with E-state index >= 15 is 0 Å². The monoisotopic (exact) mass is 443 g/mol. The van der Waals surface area contributed by atoms with E-state index < -0.39 is 22.6 Å². The number of nitrogens with two attached hydrogens (primary N) is 2. The van der Waals surface area contributed by atoms with E-state index in [1.165, 1.54) is 11.8 Å². The first-order valence-electron chi connectivity index (χ1n) is 9.86. The van der Waals surface area contributed by atoms with Gasteiger partial charge in [-0.3, -0.25) is 28.9 Å². The molecular weight excluding hydrogens is 414 g/mol.